The summed E-state index contributed by atoms with van der Waals surface area (Å²) in [6.45, 7) is 1.48. The molecule has 0 amide bonds. The zero-order chi connectivity index (χ0) is 20.7. The summed E-state index contributed by atoms with van der Waals surface area (Å²) in [6, 6.07) is 9.64. The Morgan fingerprint density at radius 1 is 1.00 bits per heavy atom. The van der Waals surface area contributed by atoms with Crippen molar-refractivity contribution in [2.24, 2.45) is 5.14 Å². The number of halogens is 4. The lowest BCUT2D eigenvalue weighted by Crippen LogP contribution is -2.15. The Morgan fingerprint density at radius 2 is 1.54 bits per heavy atom. The van der Waals surface area contributed by atoms with E-state index >= 15 is 0 Å². The number of hydrogen-bond acceptors (Lipinski definition) is 3. The third-order valence-electron chi connectivity index (χ3n) is 4.11. The number of hydrogen-bond donors (Lipinski definition) is 1. The number of benzene rings is 2. The van der Waals surface area contributed by atoms with Gasteiger partial charge in [0.25, 0.3) is 0 Å². The zero-order valence-corrected chi connectivity index (χ0v) is 15.4. The molecule has 28 heavy (non-hydrogen) atoms. The second kappa shape index (κ2) is 7.02. The Labute approximate surface area is 158 Å². The van der Waals surface area contributed by atoms with E-state index in [-0.39, 0.29) is 28.3 Å². The summed E-state index contributed by atoms with van der Waals surface area (Å²) in [5.74, 6) is -0.534. The van der Waals surface area contributed by atoms with E-state index in [1.807, 2.05) is 0 Å². The van der Waals surface area contributed by atoms with Crippen LogP contribution in [0.5, 0.6) is 0 Å². The van der Waals surface area contributed by atoms with E-state index in [0.29, 0.717) is 5.56 Å². The van der Waals surface area contributed by atoms with Crippen LogP contribution in [0.15, 0.2) is 53.4 Å². The monoisotopic (exact) mass is 413 g/mol. The van der Waals surface area contributed by atoms with Crippen molar-refractivity contribution in [2.45, 2.75) is 24.5 Å². The molecule has 0 atom stereocenters. The highest BCUT2D eigenvalue weighted by atomic mass is 32.2. The summed E-state index contributed by atoms with van der Waals surface area (Å²) in [6.07, 6.45) is -4.71. The number of alkyl halides is 3. The molecule has 0 saturated carbocycles. The normalized spacial score (nSPS) is 12.4. The van der Waals surface area contributed by atoms with Gasteiger partial charge in [0.15, 0.2) is 5.69 Å². The van der Waals surface area contributed by atoms with E-state index in [0.717, 1.165) is 28.9 Å². The van der Waals surface area contributed by atoms with Crippen LogP contribution in [-0.2, 0) is 22.7 Å². The van der Waals surface area contributed by atoms with Crippen molar-refractivity contribution < 1.29 is 26.0 Å². The highest BCUT2D eigenvalue weighted by molar-refractivity contribution is 7.89. The molecular formula is C18H15F4N3O2S. The first-order chi connectivity index (χ1) is 13.0. The van der Waals surface area contributed by atoms with Crippen LogP contribution < -0.4 is 5.14 Å². The van der Waals surface area contributed by atoms with Gasteiger partial charge in [-0.15, -0.1) is 0 Å². The van der Waals surface area contributed by atoms with Crippen LogP contribution in [0.3, 0.4) is 0 Å². The second-order valence-corrected chi connectivity index (χ2v) is 7.52. The SMILES string of the molecule is CCn1nc(-c2ccc(F)cc2)c(-c2ccc(S(N)(=O)=O)cc2)c1C(F)(F)F. The van der Waals surface area contributed by atoms with Gasteiger partial charge in [-0.05, 0) is 48.9 Å². The molecule has 10 heteroatoms. The molecule has 0 bridgehead atoms. The van der Waals surface area contributed by atoms with Crippen molar-refractivity contribution in [3.63, 3.8) is 0 Å². The maximum atomic E-state index is 13.8. The summed E-state index contributed by atoms with van der Waals surface area (Å²) < 4.78 is 78.3. The first-order valence-electron chi connectivity index (χ1n) is 8.09. The molecule has 148 valence electrons. The zero-order valence-electron chi connectivity index (χ0n) is 14.5. The minimum Gasteiger partial charge on any atom is -0.260 e. The van der Waals surface area contributed by atoms with Gasteiger partial charge in [-0.3, -0.25) is 4.68 Å². The van der Waals surface area contributed by atoms with Crippen molar-refractivity contribution in [1.29, 1.82) is 0 Å². The number of aryl methyl sites for hydroxylation is 1. The first-order valence-corrected chi connectivity index (χ1v) is 9.64. The van der Waals surface area contributed by atoms with Crippen molar-refractivity contribution in [3.05, 3.63) is 60.0 Å². The molecule has 1 aromatic heterocycles. The van der Waals surface area contributed by atoms with E-state index in [1.54, 1.807) is 0 Å². The van der Waals surface area contributed by atoms with Crippen molar-refractivity contribution in [1.82, 2.24) is 9.78 Å². The van der Waals surface area contributed by atoms with Crippen LogP contribution >= 0.6 is 0 Å². The molecule has 5 nitrogen and oxygen atoms in total. The fourth-order valence-corrected chi connectivity index (χ4v) is 3.39. The fourth-order valence-electron chi connectivity index (χ4n) is 2.87. The number of aromatic nitrogens is 2. The van der Waals surface area contributed by atoms with Crippen LogP contribution in [0.2, 0.25) is 0 Å². The molecule has 2 aromatic carbocycles. The van der Waals surface area contributed by atoms with E-state index in [4.69, 9.17) is 5.14 Å². The Kier molecular flexibility index (Phi) is 5.02. The van der Waals surface area contributed by atoms with Gasteiger partial charge in [0, 0.05) is 17.7 Å². The molecule has 3 rings (SSSR count). The van der Waals surface area contributed by atoms with Crippen molar-refractivity contribution in [3.8, 4) is 22.4 Å². The van der Waals surface area contributed by atoms with E-state index in [1.165, 1.54) is 31.2 Å². The smallest absolute Gasteiger partial charge is 0.260 e. The molecule has 0 aliphatic carbocycles. The Hall–Kier alpha value is -2.72. The summed E-state index contributed by atoms with van der Waals surface area (Å²) in [4.78, 5) is -0.226. The quantitative estimate of drug-likeness (QED) is 0.656. The minimum absolute atomic E-state index is 0.0116. The molecule has 3 aromatic rings. The number of sulfonamides is 1. The summed E-state index contributed by atoms with van der Waals surface area (Å²) in [7, 11) is -3.99. The van der Waals surface area contributed by atoms with Gasteiger partial charge >= 0.3 is 6.18 Å². The van der Waals surface area contributed by atoms with E-state index in [2.05, 4.69) is 5.10 Å². The highest BCUT2D eigenvalue weighted by Crippen LogP contribution is 2.42. The van der Waals surface area contributed by atoms with Gasteiger partial charge in [-0.1, -0.05) is 12.1 Å². The lowest BCUT2D eigenvalue weighted by atomic mass is 9.98. The van der Waals surface area contributed by atoms with Crippen LogP contribution in [0.4, 0.5) is 17.6 Å². The predicted molar refractivity (Wildman–Crippen MR) is 95.1 cm³/mol. The third-order valence-corrected chi connectivity index (χ3v) is 5.04. The van der Waals surface area contributed by atoms with Gasteiger partial charge < -0.3 is 0 Å². The standard InChI is InChI=1S/C18H15F4N3O2S/c1-2-25-17(18(20,21)22)15(11-5-9-14(10-6-11)28(23,26)27)16(24-25)12-3-7-13(19)8-4-12/h3-10H,2H2,1H3,(H2,23,26,27). The van der Waals surface area contributed by atoms with Crippen LogP contribution in [0.1, 0.15) is 12.6 Å². The van der Waals surface area contributed by atoms with Gasteiger partial charge in [0.1, 0.15) is 11.5 Å². The Bertz CT molecular complexity index is 1100. The maximum Gasteiger partial charge on any atom is 0.433 e. The molecule has 0 radical (unpaired) electrons. The van der Waals surface area contributed by atoms with Gasteiger partial charge in [0.2, 0.25) is 10.0 Å². The average molecular weight is 413 g/mol. The van der Waals surface area contributed by atoms with E-state index in [9.17, 15) is 26.0 Å². The van der Waals surface area contributed by atoms with E-state index < -0.39 is 27.7 Å². The van der Waals surface area contributed by atoms with Crippen LogP contribution in [0.25, 0.3) is 22.4 Å². The third kappa shape index (κ3) is 3.78. The molecular weight excluding hydrogens is 398 g/mol. The number of rotatable bonds is 4. The minimum atomic E-state index is -4.71. The maximum absolute atomic E-state index is 13.8. The fraction of sp³-hybridized carbons (Fsp3) is 0.167. The molecule has 0 saturated heterocycles. The average Bonchev–Trinajstić information content (AvgIpc) is 3.02. The molecule has 0 spiro atoms. The molecule has 1 heterocycles. The number of nitrogens with two attached hydrogens (primary N) is 1. The predicted octanol–water partition coefficient (Wildman–Crippen LogP) is 4.04. The summed E-state index contributed by atoms with van der Waals surface area (Å²) >= 11 is 0. The topological polar surface area (TPSA) is 78.0 Å². The first kappa shape index (κ1) is 20.0. The number of nitrogens with zero attached hydrogens (tertiary/aromatic N) is 2. The van der Waals surface area contributed by atoms with Gasteiger partial charge in [-0.25, -0.2) is 17.9 Å². The van der Waals surface area contributed by atoms with Gasteiger partial charge in [0.05, 0.1) is 4.90 Å². The highest BCUT2D eigenvalue weighted by Gasteiger charge is 2.40. The van der Waals surface area contributed by atoms with Crippen LogP contribution in [-0.4, -0.2) is 18.2 Å². The summed E-state index contributed by atoms with van der Waals surface area (Å²) in [5.41, 5.74) is -0.777. The Morgan fingerprint density at radius 3 is 2.00 bits per heavy atom. The molecule has 0 unspecified atom stereocenters. The van der Waals surface area contributed by atoms with Crippen molar-refractivity contribution in [2.75, 3.05) is 0 Å². The molecule has 0 aliphatic heterocycles. The number of primary sulfonamides is 1. The molecule has 0 aliphatic rings. The second-order valence-electron chi connectivity index (χ2n) is 5.96. The lowest BCUT2D eigenvalue weighted by Gasteiger charge is -2.12. The van der Waals surface area contributed by atoms with Crippen molar-refractivity contribution >= 4 is 10.0 Å². The van der Waals surface area contributed by atoms with Crippen LogP contribution in [0, 0.1) is 5.82 Å². The lowest BCUT2D eigenvalue weighted by molar-refractivity contribution is -0.143. The molecule has 2 N–H and O–H groups in total. The van der Waals surface area contributed by atoms with Gasteiger partial charge in [-0.2, -0.15) is 18.3 Å². The largest absolute Gasteiger partial charge is 0.433 e. The Balaban J connectivity index is 2.30. The summed E-state index contributed by atoms with van der Waals surface area (Å²) in [5, 5.41) is 9.12. The molecule has 0 fully saturated rings.